The highest BCUT2D eigenvalue weighted by molar-refractivity contribution is 7.94. The van der Waals surface area contributed by atoms with E-state index in [0.29, 0.717) is 41.6 Å². The third-order valence-electron chi connectivity index (χ3n) is 5.36. The first-order chi connectivity index (χ1) is 15.3. The van der Waals surface area contributed by atoms with Gasteiger partial charge in [-0.25, -0.2) is 18.3 Å². The fourth-order valence-corrected chi connectivity index (χ4v) is 6.21. The van der Waals surface area contributed by atoms with Crippen LogP contribution in [0, 0.1) is 6.92 Å². The molecule has 10 nitrogen and oxygen atoms in total. The quantitative estimate of drug-likeness (QED) is 0.249. The normalized spacial score (nSPS) is 20.9. The molecule has 4 rings (SSSR count). The van der Waals surface area contributed by atoms with Gasteiger partial charge in [-0.2, -0.15) is 8.64 Å². The van der Waals surface area contributed by atoms with E-state index in [4.69, 9.17) is 4.33 Å². The molecule has 0 spiro atoms. The predicted octanol–water partition coefficient (Wildman–Crippen LogP) is 2.17. The van der Waals surface area contributed by atoms with Gasteiger partial charge in [-0.3, -0.25) is 4.79 Å². The fourth-order valence-electron chi connectivity index (χ4n) is 3.86. The number of sulfonamides is 1. The number of amides is 1. The van der Waals surface area contributed by atoms with Crippen LogP contribution in [0.3, 0.4) is 0 Å². The second-order valence-corrected chi connectivity index (χ2v) is 10.1. The van der Waals surface area contributed by atoms with Crippen molar-refractivity contribution >= 4 is 45.3 Å². The Bertz CT molecular complexity index is 1160. The first kappa shape index (κ1) is 23.0. The van der Waals surface area contributed by atoms with Gasteiger partial charge in [-0.05, 0) is 45.0 Å². The summed E-state index contributed by atoms with van der Waals surface area (Å²) >= 11 is 0.938. The average molecular weight is 480 g/mol. The van der Waals surface area contributed by atoms with E-state index in [1.807, 2.05) is 13.8 Å². The number of aryl methyl sites for hydroxylation is 1. The van der Waals surface area contributed by atoms with Crippen molar-refractivity contribution in [1.82, 2.24) is 19.6 Å². The highest BCUT2D eigenvalue weighted by Gasteiger charge is 2.36. The fraction of sp³-hybridized carbons (Fsp3) is 0.400. The number of nitrogens with zero attached hydrogens (tertiary/aromatic N) is 2. The van der Waals surface area contributed by atoms with Crippen LogP contribution in [0.25, 0.3) is 11.6 Å². The summed E-state index contributed by atoms with van der Waals surface area (Å²) in [6, 6.07) is 4.68. The Morgan fingerprint density at radius 1 is 1.34 bits per heavy atom. The van der Waals surface area contributed by atoms with E-state index in [-0.39, 0.29) is 22.4 Å². The van der Waals surface area contributed by atoms with E-state index < -0.39 is 10.0 Å². The maximum atomic E-state index is 13.7. The molecule has 3 N–H and O–H groups in total. The van der Waals surface area contributed by atoms with E-state index in [9.17, 15) is 13.2 Å². The number of fused-ring (bicyclic) bond motifs is 1. The smallest absolute Gasteiger partial charge is 0.256 e. The molecule has 172 valence electrons. The summed E-state index contributed by atoms with van der Waals surface area (Å²) in [5.74, 6) is 0.0203. The number of hydrogen-bond donors (Lipinski definition) is 3. The molecule has 2 aliphatic heterocycles. The van der Waals surface area contributed by atoms with Crippen LogP contribution >= 0.6 is 12.0 Å². The molecular weight excluding hydrogens is 454 g/mol. The Kier molecular flexibility index (Phi) is 6.70. The van der Waals surface area contributed by atoms with E-state index in [1.165, 1.54) is 11.4 Å². The third kappa shape index (κ3) is 4.34. The van der Waals surface area contributed by atoms with Gasteiger partial charge in [0.05, 0.1) is 35.3 Å². The molecule has 1 aromatic heterocycles. The number of anilines is 1. The minimum absolute atomic E-state index is 0.106. The van der Waals surface area contributed by atoms with E-state index in [0.717, 1.165) is 24.3 Å². The van der Waals surface area contributed by atoms with Crippen LogP contribution in [-0.2, 0) is 24.0 Å². The van der Waals surface area contributed by atoms with E-state index in [2.05, 4.69) is 25.5 Å². The van der Waals surface area contributed by atoms with Gasteiger partial charge < -0.3 is 15.6 Å². The summed E-state index contributed by atoms with van der Waals surface area (Å²) in [5.41, 5.74) is 1.78. The Balaban J connectivity index is 1.77. The Morgan fingerprint density at radius 3 is 2.94 bits per heavy atom. The lowest BCUT2D eigenvalue weighted by molar-refractivity contribution is -0.160. The second kappa shape index (κ2) is 9.33. The molecule has 0 aliphatic carbocycles. The highest BCUT2D eigenvalue weighted by Crippen LogP contribution is 2.39. The largest absolute Gasteiger partial charge is 0.342 e. The zero-order chi connectivity index (χ0) is 22.9. The second-order valence-electron chi connectivity index (χ2n) is 7.58. The van der Waals surface area contributed by atoms with E-state index >= 15 is 0 Å². The van der Waals surface area contributed by atoms with Gasteiger partial charge in [0.1, 0.15) is 10.9 Å². The van der Waals surface area contributed by atoms with Gasteiger partial charge in [0.25, 0.3) is 5.91 Å². The number of nitrogens with one attached hydrogen (secondary N) is 3. The molecule has 1 aromatic carbocycles. The van der Waals surface area contributed by atoms with Crippen LogP contribution in [-0.4, -0.2) is 61.4 Å². The maximum Gasteiger partial charge on any atom is 0.256 e. The lowest BCUT2D eigenvalue weighted by atomic mass is 10.1. The molecule has 32 heavy (non-hydrogen) atoms. The topological polar surface area (TPSA) is 126 Å². The van der Waals surface area contributed by atoms with Gasteiger partial charge in [0, 0.05) is 30.4 Å². The number of H-pyrrole nitrogens is 1. The monoisotopic (exact) mass is 479 g/mol. The number of carbonyl (C=O) groups excluding carboxylic acids is 1. The van der Waals surface area contributed by atoms with Crippen LogP contribution in [0.4, 0.5) is 5.69 Å². The lowest BCUT2D eigenvalue weighted by Crippen LogP contribution is -2.41. The zero-order valence-corrected chi connectivity index (χ0v) is 19.6. The van der Waals surface area contributed by atoms with Gasteiger partial charge in [-0.15, -0.1) is 0 Å². The molecule has 3 heterocycles. The molecule has 0 radical (unpaired) electrons. The molecule has 0 saturated carbocycles. The number of imidazole rings is 1. The number of aromatic nitrogens is 2. The van der Waals surface area contributed by atoms with Crippen molar-refractivity contribution in [3.63, 3.8) is 0 Å². The first-order valence-electron chi connectivity index (χ1n) is 10.2. The predicted molar refractivity (Wildman–Crippen MR) is 121 cm³/mol. The van der Waals surface area contributed by atoms with Crippen molar-refractivity contribution in [3.8, 4) is 0 Å². The van der Waals surface area contributed by atoms with Crippen molar-refractivity contribution in [1.29, 1.82) is 0 Å². The van der Waals surface area contributed by atoms with Crippen LogP contribution in [0.2, 0.25) is 0 Å². The standard InChI is InChI=1S/C20H25N5O5S2/c1-12-11-21-8-5-9-25(12)32(27,28)16-7-4-6-15-18(16)14(19(26)23-15)10-17-22-13(2)20(24-17)31-30-29-3/h4,6-7,10,12,21H,5,8-9,11H2,1-3H3,(H,22,24)(H,23,26). The summed E-state index contributed by atoms with van der Waals surface area (Å²) in [4.78, 5) is 25.0. The summed E-state index contributed by atoms with van der Waals surface area (Å²) in [5, 5.41) is 6.57. The molecule has 1 saturated heterocycles. The van der Waals surface area contributed by atoms with Gasteiger partial charge in [0.15, 0.2) is 0 Å². The molecule has 12 heteroatoms. The van der Waals surface area contributed by atoms with E-state index in [1.54, 1.807) is 24.3 Å². The molecule has 1 atom stereocenters. The number of carbonyl (C=O) groups is 1. The number of rotatable bonds is 6. The SMILES string of the molecule is COOSc1nc(C=C2C(=O)Nc3cccc(S(=O)(=O)N4CCCNCC4C)c32)[nH]c1C. The lowest BCUT2D eigenvalue weighted by Gasteiger charge is -2.26. The molecule has 0 bridgehead atoms. The van der Waals surface area contributed by atoms with Crippen LogP contribution in [0.15, 0.2) is 28.1 Å². The van der Waals surface area contributed by atoms with Crippen LogP contribution < -0.4 is 10.6 Å². The first-order valence-corrected chi connectivity index (χ1v) is 12.3. The number of hydrogen-bond acceptors (Lipinski definition) is 8. The minimum Gasteiger partial charge on any atom is -0.342 e. The minimum atomic E-state index is -3.83. The molecule has 2 aromatic rings. The Labute approximate surface area is 191 Å². The molecule has 1 fully saturated rings. The van der Waals surface area contributed by atoms with Crippen molar-refractivity contribution in [2.75, 3.05) is 32.1 Å². The summed E-state index contributed by atoms with van der Waals surface area (Å²) < 4.78 is 33.7. The molecule has 1 unspecified atom stereocenters. The molecule has 2 aliphatic rings. The van der Waals surface area contributed by atoms with Gasteiger partial charge >= 0.3 is 0 Å². The van der Waals surface area contributed by atoms with Crippen LogP contribution in [0.1, 0.15) is 30.4 Å². The van der Waals surface area contributed by atoms with Crippen molar-refractivity contribution < 1.29 is 22.4 Å². The summed E-state index contributed by atoms with van der Waals surface area (Å²) in [6.07, 6.45) is 2.27. The Hall–Kier alpha value is -2.22. The average Bonchev–Trinajstić information content (AvgIpc) is 3.16. The number of aromatic amines is 1. The third-order valence-corrected chi connectivity index (χ3v) is 8.17. The van der Waals surface area contributed by atoms with Crippen molar-refractivity contribution in [3.05, 3.63) is 35.3 Å². The maximum absolute atomic E-state index is 13.7. The Morgan fingerprint density at radius 2 is 2.16 bits per heavy atom. The van der Waals surface area contributed by atoms with Crippen molar-refractivity contribution in [2.24, 2.45) is 0 Å². The summed E-state index contributed by atoms with van der Waals surface area (Å²) in [6.45, 7) is 5.44. The highest BCUT2D eigenvalue weighted by atomic mass is 32.2. The zero-order valence-electron chi connectivity index (χ0n) is 18.0. The van der Waals surface area contributed by atoms with Gasteiger partial charge in [0.2, 0.25) is 10.0 Å². The summed E-state index contributed by atoms with van der Waals surface area (Å²) in [7, 11) is -2.44. The number of benzene rings is 1. The van der Waals surface area contributed by atoms with Gasteiger partial charge in [-0.1, -0.05) is 6.07 Å². The molecular formula is C20H25N5O5S2. The van der Waals surface area contributed by atoms with Crippen molar-refractivity contribution in [2.45, 2.75) is 36.2 Å². The van der Waals surface area contributed by atoms with Crippen LogP contribution in [0.5, 0.6) is 0 Å². The molecule has 1 amide bonds.